The zero-order valence-corrected chi connectivity index (χ0v) is 19.2. The van der Waals surface area contributed by atoms with Crippen molar-refractivity contribution in [3.8, 4) is 5.75 Å². The molecule has 1 saturated heterocycles. The van der Waals surface area contributed by atoms with E-state index in [2.05, 4.69) is 9.88 Å². The second-order valence-corrected chi connectivity index (χ2v) is 10.5. The lowest BCUT2D eigenvalue weighted by molar-refractivity contribution is -0.130. The molecule has 1 aromatic heterocycles. The second-order valence-electron chi connectivity index (χ2n) is 7.49. The number of fused-ring (bicyclic) bond motifs is 1. The van der Waals surface area contributed by atoms with Gasteiger partial charge in [0.2, 0.25) is 5.91 Å². The molecule has 0 unspecified atom stereocenters. The molecule has 2 heterocycles. The Morgan fingerprint density at radius 3 is 2.45 bits per heavy atom. The molecule has 164 valence electrons. The molecular formula is C22H25N3O4S2. The first-order chi connectivity index (χ1) is 14.8. The fraction of sp³-hybridized carbons (Fsp3) is 0.364. The number of carbonyl (C=O) groups is 1. The largest absolute Gasteiger partial charge is 0.494 e. The van der Waals surface area contributed by atoms with Crippen molar-refractivity contribution in [2.75, 3.05) is 43.9 Å². The number of hydrogen-bond donors (Lipinski definition) is 0. The summed E-state index contributed by atoms with van der Waals surface area (Å²) in [5.41, 5.74) is 1.49. The van der Waals surface area contributed by atoms with Crippen molar-refractivity contribution in [1.82, 2.24) is 9.88 Å². The smallest absolute Gasteiger partial charge is 0.227 e. The number of carbonyl (C=O) groups excluding carboxylic acids is 1. The molecule has 1 aliphatic rings. The van der Waals surface area contributed by atoms with E-state index >= 15 is 0 Å². The van der Waals surface area contributed by atoms with Crippen LogP contribution in [-0.2, 0) is 21.1 Å². The number of hydrogen-bond acceptors (Lipinski definition) is 7. The van der Waals surface area contributed by atoms with Crippen LogP contribution in [0.1, 0.15) is 12.5 Å². The predicted molar refractivity (Wildman–Crippen MR) is 123 cm³/mol. The lowest BCUT2D eigenvalue weighted by atomic mass is 10.1. The fourth-order valence-electron chi connectivity index (χ4n) is 3.65. The van der Waals surface area contributed by atoms with E-state index in [4.69, 9.17) is 4.74 Å². The van der Waals surface area contributed by atoms with Gasteiger partial charge in [0.25, 0.3) is 0 Å². The maximum absolute atomic E-state index is 12.7. The van der Waals surface area contributed by atoms with E-state index in [1.165, 1.54) is 17.6 Å². The van der Waals surface area contributed by atoms with Gasteiger partial charge in [0, 0.05) is 32.4 Å². The third-order valence-corrected chi connectivity index (χ3v) is 7.47. The van der Waals surface area contributed by atoms with Gasteiger partial charge in [-0.25, -0.2) is 13.4 Å². The Hall–Kier alpha value is -2.65. The van der Waals surface area contributed by atoms with Crippen molar-refractivity contribution in [1.29, 1.82) is 0 Å². The van der Waals surface area contributed by atoms with Crippen LogP contribution in [0, 0.1) is 0 Å². The van der Waals surface area contributed by atoms with E-state index < -0.39 is 9.84 Å². The van der Waals surface area contributed by atoms with Gasteiger partial charge in [-0.05, 0) is 36.8 Å². The zero-order valence-electron chi connectivity index (χ0n) is 17.6. The molecule has 31 heavy (non-hydrogen) atoms. The summed E-state index contributed by atoms with van der Waals surface area (Å²) in [6, 6.07) is 12.9. The van der Waals surface area contributed by atoms with Crippen LogP contribution in [-0.4, -0.2) is 63.3 Å². The monoisotopic (exact) mass is 459 g/mol. The van der Waals surface area contributed by atoms with Crippen molar-refractivity contribution in [3.05, 3.63) is 48.0 Å². The van der Waals surface area contributed by atoms with Crippen LogP contribution < -0.4 is 9.64 Å². The van der Waals surface area contributed by atoms with Crippen molar-refractivity contribution in [3.63, 3.8) is 0 Å². The number of amides is 1. The highest BCUT2D eigenvalue weighted by molar-refractivity contribution is 7.91. The van der Waals surface area contributed by atoms with Gasteiger partial charge < -0.3 is 14.5 Å². The molecule has 9 heteroatoms. The highest BCUT2D eigenvalue weighted by atomic mass is 32.2. The minimum atomic E-state index is -3.34. The quantitative estimate of drug-likeness (QED) is 0.564. The molecule has 0 bridgehead atoms. The molecule has 0 spiro atoms. The van der Waals surface area contributed by atoms with Gasteiger partial charge in [-0.15, -0.1) is 0 Å². The lowest BCUT2D eigenvalue weighted by Crippen LogP contribution is -2.49. The number of thiazole rings is 1. The van der Waals surface area contributed by atoms with Crippen molar-refractivity contribution in [2.45, 2.75) is 18.2 Å². The number of anilines is 1. The van der Waals surface area contributed by atoms with Gasteiger partial charge in [-0.2, -0.15) is 0 Å². The Kier molecular flexibility index (Phi) is 6.15. The first-order valence-corrected chi connectivity index (χ1v) is 12.9. The second kappa shape index (κ2) is 8.84. The van der Waals surface area contributed by atoms with Crippen LogP contribution >= 0.6 is 11.3 Å². The molecule has 0 atom stereocenters. The van der Waals surface area contributed by atoms with E-state index in [0.29, 0.717) is 44.7 Å². The maximum atomic E-state index is 12.7. The van der Waals surface area contributed by atoms with E-state index in [1.54, 1.807) is 12.1 Å². The average Bonchev–Trinajstić information content (AvgIpc) is 3.19. The number of nitrogens with zero attached hydrogens (tertiary/aromatic N) is 3. The standard InChI is InChI=1S/C22H25N3O4S2/c1-3-29-17-9-7-16(8-10-17)15-20(26)24-11-13-25(14-12-24)22-23-21-18(30-22)5-4-6-19(21)31(2,27)28/h4-10H,3,11-15H2,1-2H3. The predicted octanol–water partition coefficient (Wildman–Crippen LogP) is 2.99. The Morgan fingerprint density at radius 2 is 1.81 bits per heavy atom. The average molecular weight is 460 g/mol. The van der Waals surface area contributed by atoms with Gasteiger partial charge in [0.15, 0.2) is 15.0 Å². The van der Waals surface area contributed by atoms with Crippen LogP contribution in [0.15, 0.2) is 47.4 Å². The van der Waals surface area contributed by atoms with Gasteiger partial charge in [0.05, 0.1) is 22.6 Å². The number of benzene rings is 2. The summed E-state index contributed by atoms with van der Waals surface area (Å²) in [6.07, 6.45) is 1.57. The molecule has 1 amide bonds. The van der Waals surface area contributed by atoms with Crippen LogP contribution in [0.5, 0.6) is 5.75 Å². The summed E-state index contributed by atoms with van der Waals surface area (Å²) in [5, 5.41) is 0.796. The number of ether oxygens (including phenoxy) is 1. The summed E-state index contributed by atoms with van der Waals surface area (Å²) in [5.74, 6) is 0.912. The molecule has 0 N–H and O–H groups in total. The number of para-hydroxylation sites is 1. The summed E-state index contributed by atoms with van der Waals surface area (Å²) in [7, 11) is -3.34. The third kappa shape index (κ3) is 4.83. The normalized spacial score (nSPS) is 14.8. The number of rotatable bonds is 6. The zero-order chi connectivity index (χ0) is 22.0. The van der Waals surface area contributed by atoms with E-state index in [-0.39, 0.29) is 10.8 Å². The van der Waals surface area contributed by atoms with Crippen molar-refractivity contribution >= 4 is 42.4 Å². The number of aromatic nitrogens is 1. The molecular weight excluding hydrogens is 434 g/mol. The van der Waals surface area contributed by atoms with Crippen LogP contribution in [0.2, 0.25) is 0 Å². The Labute approximate surface area is 186 Å². The van der Waals surface area contributed by atoms with Crippen LogP contribution in [0.25, 0.3) is 10.2 Å². The van der Waals surface area contributed by atoms with E-state index in [0.717, 1.165) is 21.1 Å². The summed E-state index contributed by atoms with van der Waals surface area (Å²) in [4.78, 5) is 21.6. The van der Waals surface area contributed by atoms with Crippen LogP contribution in [0.4, 0.5) is 5.13 Å². The number of sulfone groups is 1. The minimum Gasteiger partial charge on any atom is -0.494 e. The SMILES string of the molecule is CCOc1ccc(CC(=O)N2CCN(c3nc4c(S(C)(=O)=O)cccc4s3)CC2)cc1. The van der Waals surface area contributed by atoms with Crippen LogP contribution in [0.3, 0.4) is 0 Å². The molecule has 0 aliphatic carbocycles. The van der Waals surface area contributed by atoms with Gasteiger partial charge in [-0.3, -0.25) is 4.79 Å². The number of piperazine rings is 1. The molecule has 3 aromatic rings. The van der Waals surface area contributed by atoms with E-state index in [1.807, 2.05) is 42.2 Å². The topological polar surface area (TPSA) is 79.8 Å². The molecule has 0 saturated carbocycles. The summed E-state index contributed by atoms with van der Waals surface area (Å²) >= 11 is 1.49. The molecule has 1 fully saturated rings. The Bertz CT molecular complexity index is 1180. The Balaban J connectivity index is 1.40. The van der Waals surface area contributed by atoms with Gasteiger partial charge in [0.1, 0.15) is 11.3 Å². The minimum absolute atomic E-state index is 0.104. The first kappa shape index (κ1) is 21.6. The fourth-order valence-corrected chi connectivity index (χ4v) is 5.59. The maximum Gasteiger partial charge on any atom is 0.227 e. The van der Waals surface area contributed by atoms with E-state index in [9.17, 15) is 13.2 Å². The molecule has 0 radical (unpaired) electrons. The van der Waals surface area contributed by atoms with Gasteiger partial charge in [-0.1, -0.05) is 29.5 Å². The highest BCUT2D eigenvalue weighted by Gasteiger charge is 2.24. The highest BCUT2D eigenvalue weighted by Crippen LogP contribution is 2.33. The molecule has 7 nitrogen and oxygen atoms in total. The first-order valence-electron chi connectivity index (χ1n) is 10.2. The summed E-state index contributed by atoms with van der Waals surface area (Å²) < 4.78 is 30.4. The van der Waals surface area contributed by atoms with Gasteiger partial charge >= 0.3 is 0 Å². The summed E-state index contributed by atoms with van der Waals surface area (Å²) in [6.45, 7) is 5.13. The molecule has 4 rings (SSSR count). The Morgan fingerprint density at radius 1 is 1.10 bits per heavy atom. The molecule has 2 aromatic carbocycles. The molecule has 1 aliphatic heterocycles. The van der Waals surface area contributed by atoms with Crippen molar-refractivity contribution in [2.24, 2.45) is 0 Å². The van der Waals surface area contributed by atoms with Crippen molar-refractivity contribution < 1.29 is 17.9 Å². The third-order valence-electron chi connectivity index (χ3n) is 5.26. The lowest BCUT2D eigenvalue weighted by Gasteiger charge is -2.34.